The maximum absolute atomic E-state index is 13.3. The van der Waals surface area contributed by atoms with Gasteiger partial charge in [-0.25, -0.2) is 4.98 Å². The number of para-hydroxylation sites is 1. The fourth-order valence-corrected chi connectivity index (χ4v) is 4.25. The number of pyridine rings is 1. The fourth-order valence-electron chi connectivity index (χ4n) is 4.01. The number of anilines is 3. The summed E-state index contributed by atoms with van der Waals surface area (Å²) in [6.45, 7) is 2.33. The van der Waals surface area contributed by atoms with Gasteiger partial charge in [-0.2, -0.15) is 0 Å². The molecule has 0 bridgehead atoms. The number of nitrogens with two attached hydrogens (primary N) is 1. The Morgan fingerprint density at radius 3 is 2.72 bits per heavy atom. The Balaban J connectivity index is 1.59. The van der Waals surface area contributed by atoms with Crippen LogP contribution in [-0.2, 0) is 4.79 Å². The number of piperidine rings is 1. The molecule has 1 amide bonds. The summed E-state index contributed by atoms with van der Waals surface area (Å²) in [7, 11) is 0. The van der Waals surface area contributed by atoms with E-state index in [1.807, 2.05) is 41.3 Å². The monoisotopic (exact) mass is 356 g/mol. The average Bonchev–Trinajstić information content (AvgIpc) is 2.92. The summed E-state index contributed by atoms with van der Waals surface area (Å²) in [6.07, 6.45) is 4.41. The number of hydrogen-bond donors (Lipinski definition) is 1. The zero-order valence-corrected chi connectivity index (χ0v) is 14.7. The van der Waals surface area contributed by atoms with Gasteiger partial charge >= 0.3 is 0 Å². The smallest absolute Gasteiger partial charge is 0.235 e. The molecule has 0 unspecified atom stereocenters. The summed E-state index contributed by atoms with van der Waals surface area (Å²) in [5.74, 6) is 1.07. The van der Waals surface area contributed by atoms with Crippen LogP contribution in [0.2, 0.25) is 5.02 Å². The molecule has 2 aromatic rings. The normalized spacial score (nSPS) is 23.5. The van der Waals surface area contributed by atoms with Crippen LogP contribution in [0.1, 0.15) is 19.3 Å². The third-order valence-electron chi connectivity index (χ3n) is 5.33. The molecule has 2 aliphatic heterocycles. The zero-order valence-electron chi connectivity index (χ0n) is 14.0. The molecule has 2 N–H and O–H groups in total. The molecule has 25 heavy (non-hydrogen) atoms. The Morgan fingerprint density at radius 2 is 1.96 bits per heavy atom. The van der Waals surface area contributed by atoms with Crippen molar-refractivity contribution in [1.82, 2.24) is 4.98 Å². The highest BCUT2D eigenvalue weighted by Gasteiger charge is 2.49. The lowest BCUT2D eigenvalue weighted by Crippen LogP contribution is -2.48. The minimum atomic E-state index is -0.347. The molecule has 2 fully saturated rings. The first-order chi connectivity index (χ1) is 12.1. The summed E-state index contributed by atoms with van der Waals surface area (Å²) < 4.78 is 0. The Kier molecular flexibility index (Phi) is 4.04. The summed E-state index contributed by atoms with van der Waals surface area (Å²) >= 11 is 6.31. The first kappa shape index (κ1) is 16.2. The van der Waals surface area contributed by atoms with E-state index in [2.05, 4.69) is 9.88 Å². The van der Waals surface area contributed by atoms with Crippen molar-refractivity contribution >= 4 is 34.7 Å². The predicted molar refractivity (Wildman–Crippen MR) is 101 cm³/mol. The lowest BCUT2D eigenvalue weighted by Gasteiger charge is -2.39. The van der Waals surface area contributed by atoms with Crippen molar-refractivity contribution < 1.29 is 4.79 Å². The predicted octanol–water partition coefficient (Wildman–Crippen LogP) is 3.34. The van der Waals surface area contributed by atoms with Gasteiger partial charge < -0.3 is 15.5 Å². The topological polar surface area (TPSA) is 62.5 Å². The van der Waals surface area contributed by atoms with Crippen LogP contribution in [0.5, 0.6) is 0 Å². The van der Waals surface area contributed by atoms with Gasteiger partial charge in [-0.1, -0.05) is 23.7 Å². The van der Waals surface area contributed by atoms with Crippen LogP contribution < -0.4 is 15.5 Å². The zero-order chi connectivity index (χ0) is 17.4. The van der Waals surface area contributed by atoms with Crippen LogP contribution in [0.4, 0.5) is 17.2 Å². The number of carbonyl (C=O) groups is 1. The molecule has 4 rings (SSSR count). The molecule has 5 nitrogen and oxygen atoms in total. The third-order valence-corrected chi connectivity index (χ3v) is 5.65. The number of aromatic nitrogens is 1. The number of nitrogen functional groups attached to an aromatic ring is 1. The van der Waals surface area contributed by atoms with Gasteiger partial charge in [0.2, 0.25) is 5.91 Å². The van der Waals surface area contributed by atoms with E-state index >= 15 is 0 Å². The maximum Gasteiger partial charge on any atom is 0.235 e. The molecular weight excluding hydrogens is 336 g/mol. The van der Waals surface area contributed by atoms with Crippen LogP contribution >= 0.6 is 11.6 Å². The molecule has 0 saturated carbocycles. The lowest BCUT2D eigenvalue weighted by atomic mass is 9.78. The van der Waals surface area contributed by atoms with Crippen molar-refractivity contribution in [3.63, 3.8) is 0 Å². The van der Waals surface area contributed by atoms with Crippen molar-refractivity contribution in [1.29, 1.82) is 0 Å². The molecule has 1 aromatic heterocycles. The number of hydrogen-bond acceptors (Lipinski definition) is 4. The van der Waals surface area contributed by atoms with Crippen LogP contribution in [-0.4, -0.2) is 30.5 Å². The molecule has 3 heterocycles. The number of amides is 1. The number of rotatable bonds is 2. The minimum absolute atomic E-state index is 0.181. The first-order valence-corrected chi connectivity index (χ1v) is 9.00. The lowest BCUT2D eigenvalue weighted by molar-refractivity contribution is -0.126. The SMILES string of the molecule is Nc1ccc(N2CCC[C@]3(CCN(c4ccccc4Cl)C3=O)C2)nc1. The quantitative estimate of drug-likeness (QED) is 0.896. The van der Waals surface area contributed by atoms with E-state index in [0.717, 1.165) is 37.3 Å². The van der Waals surface area contributed by atoms with Gasteiger partial charge in [0.1, 0.15) is 5.82 Å². The van der Waals surface area contributed by atoms with Crippen LogP contribution in [0, 0.1) is 5.41 Å². The third kappa shape index (κ3) is 2.82. The summed E-state index contributed by atoms with van der Waals surface area (Å²) in [5, 5.41) is 0.626. The molecular formula is C19H21ClN4O. The maximum atomic E-state index is 13.3. The van der Waals surface area contributed by atoms with Crippen LogP contribution in [0.3, 0.4) is 0 Å². The van der Waals surface area contributed by atoms with Crippen molar-refractivity contribution in [3.05, 3.63) is 47.6 Å². The molecule has 1 atom stereocenters. The molecule has 2 saturated heterocycles. The summed E-state index contributed by atoms with van der Waals surface area (Å²) in [5.41, 5.74) is 6.85. The highest BCUT2D eigenvalue weighted by Crippen LogP contribution is 2.43. The van der Waals surface area contributed by atoms with E-state index in [0.29, 0.717) is 23.8 Å². The van der Waals surface area contributed by atoms with Crippen molar-refractivity contribution in [2.45, 2.75) is 19.3 Å². The summed E-state index contributed by atoms with van der Waals surface area (Å²) in [4.78, 5) is 21.7. The Hall–Kier alpha value is -2.27. The Morgan fingerprint density at radius 1 is 1.12 bits per heavy atom. The van der Waals surface area contributed by atoms with Gasteiger partial charge in [-0.3, -0.25) is 4.79 Å². The second-order valence-corrected chi connectivity index (χ2v) is 7.32. The molecule has 0 radical (unpaired) electrons. The van der Waals surface area contributed by atoms with E-state index in [4.69, 9.17) is 17.3 Å². The molecule has 2 aliphatic rings. The fraction of sp³-hybridized carbons (Fsp3) is 0.368. The van der Waals surface area contributed by atoms with E-state index in [-0.39, 0.29) is 11.3 Å². The van der Waals surface area contributed by atoms with Gasteiger partial charge in [0, 0.05) is 19.6 Å². The summed E-state index contributed by atoms with van der Waals surface area (Å²) in [6, 6.07) is 11.3. The average molecular weight is 357 g/mol. The minimum Gasteiger partial charge on any atom is -0.397 e. The van der Waals surface area contributed by atoms with Gasteiger partial charge in [0.25, 0.3) is 0 Å². The van der Waals surface area contributed by atoms with Crippen LogP contribution in [0.15, 0.2) is 42.6 Å². The van der Waals surface area contributed by atoms with E-state index < -0.39 is 0 Å². The van der Waals surface area contributed by atoms with Gasteiger partial charge in [-0.15, -0.1) is 0 Å². The largest absolute Gasteiger partial charge is 0.397 e. The molecule has 1 spiro atoms. The highest BCUT2D eigenvalue weighted by molar-refractivity contribution is 6.34. The Labute approximate surface area is 152 Å². The van der Waals surface area contributed by atoms with Gasteiger partial charge in [-0.05, 0) is 43.5 Å². The standard InChI is InChI=1S/C19H21ClN4O/c20-15-4-1-2-5-16(15)24-11-9-19(18(24)25)8-3-10-23(13-19)17-7-6-14(21)12-22-17/h1-2,4-7,12H,3,8-11,13,21H2/t19-/m0/s1. The van der Waals surface area contributed by atoms with Crippen LogP contribution in [0.25, 0.3) is 0 Å². The van der Waals surface area contributed by atoms with Crippen molar-refractivity contribution in [3.8, 4) is 0 Å². The second kappa shape index (κ2) is 6.23. The van der Waals surface area contributed by atoms with Gasteiger partial charge in [0.15, 0.2) is 0 Å². The molecule has 6 heteroatoms. The number of halogens is 1. The second-order valence-electron chi connectivity index (χ2n) is 6.91. The molecule has 130 valence electrons. The highest BCUT2D eigenvalue weighted by atomic mass is 35.5. The van der Waals surface area contributed by atoms with E-state index in [1.54, 1.807) is 6.20 Å². The van der Waals surface area contributed by atoms with Crippen molar-refractivity contribution in [2.75, 3.05) is 35.2 Å². The van der Waals surface area contributed by atoms with Gasteiger partial charge in [0.05, 0.1) is 28.0 Å². The molecule has 0 aliphatic carbocycles. The van der Waals surface area contributed by atoms with Crippen molar-refractivity contribution in [2.24, 2.45) is 5.41 Å². The Bertz CT molecular complexity index is 794. The number of nitrogens with zero attached hydrogens (tertiary/aromatic N) is 3. The number of benzene rings is 1. The van der Waals surface area contributed by atoms with E-state index in [1.165, 1.54) is 0 Å². The number of carbonyl (C=O) groups excluding carboxylic acids is 1. The molecule has 1 aromatic carbocycles. The first-order valence-electron chi connectivity index (χ1n) is 8.62. The van der Waals surface area contributed by atoms with E-state index in [9.17, 15) is 4.79 Å².